The zero-order chi connectivity index (χ0) is 14.0. The average Bonchev–Trinajstić information content (AvgIpc) is 2.32. The number of nitrogen functional groups attached to an aromatic ring is 1. The van der Waals surface area contributed by atoms with Crippen LogP contribution in [0.3, 0.4) is 0 Å². The van der Waals surface area contributed by atoms with Gasteiger partial charge in [-0.05, 0) is 42.8 Å². The van der Waals surface area contributed by atoms with Gasteiger partial charge in [0.05, 0.1) is 11.4 Å². The predicted molar refractivity (Wildman–Crippen MR) is 79.4 cm³/mol. The second kappa shape index (κ2) is 5.32. The number of rotatable bonds is 2. The van der Waals surface area contributed by atoms with Crippen molar-refractivity contribution >= 4 is 33.2 Å². The number of phenolic OH excluding ortho intramolecular Hbond substituents is 1. The molecule has 0 atom stereocenters. The summed E-state index contributed by atoms with van der Waals surface area (Å²) in [6.07, 6.45) is 0. The second-order valence-electron chi connectivity index (χ2n) is 4.18. The standard InChI is InChI=1S/C14H13BrN2O2/c1-8-6-9(15)2-4-11(8)14(19)17-13-5-3-10(18)7-12(13)16/h2-7,18H,16H2,1H3,(H,17,19). The SMILES string of the molecule is Cc1cc(Br)ccc1C(=O)Nc1ccc(O)cc1N. The fourth-order valence-corrected chi connectivity index (χ4v) is 2.21. The lowest BCUT2D eigenvalue weighted by molar-refractivity contribution is 0.102. The monoisotopic (exact) mass is 320 g/mol. The maximum atomic E-state index is 12.1. The van der Waals surface area contributed by atoms with Gasteiger partial charge in [0.15, 0.2) is 0 Å². The first-order valence-electron chi connectivity index (χ1n) is 5.63. The van der Waals surface area contributed by atoms with E-state index in [1.165, 1.54) is 12.1 Å². The van der Waals surface area contributed by atoms with Crippen LogP contribution in [0.1, 0.15) is 15.9 Å². The molecule has 0 fully saturated rings. The van der Waals surface area contributed by atoms with Crippen molar-refractivity contribution < 1.29 is 9.90 Å². The number of nitrogens with one attached hydrogen (secondary N) is 1. The highest BCUT2D eigenvalue weighted by molar-refractivity contribution is 9.10. The van der Waals surface area contributed by atoms with Gasteiger partial charge in [0.2, 0.25) is 0 Å². The molecule has 19 heavy (non-hydrogen) atoms. The molecule has 0 aromatic heterocycles. The van der Waals surface area contributed by atoms with Gasteiger partial charge in [0, 0.05) is 16.1 Å². The zero-order valence-corrected chi connectivity index (χ0v) is 11.9. The normalized spacial score (nSPS) is 10.2. The Morgan fingerprint density at radius 1 is 1.26 bits per heavy atom. The molecule has 0 aliphatic carbocycles. The quantitative estimate of drug-likeness (QED) is 0.587. The summed E-state index contributed by atoms with van der Waals surface area (Å²) < 4.78 is 0.922. The molecule has 0 radical (unpaired) electrons. The van der Waals surface area contributed by atoms with Crippen LogP contribution in [-0.2, 0) is 0 Å². The number of benzene rings is 2. The highest BCUT2D eigenvalue weighted by atomic mass is 79.9. The molecule has 0 aliphatic heterocycles. The maximum Gasteiger partial charge on any atom is 0.255 e. The van der Waals surface area contributed by atoms with E-state index in [4.69, 9.17) is 5.73 Å². The number of phenols is 1. The van der Waals surface area contributed by atoms with Crippen LogP contribution in [0.2, 0.25) is 0 Å². The van der Waals surface area contributed by atoms with Gasteiger partial charge >= 0.3 is 0 Å². The number of aryl methyl sites for hydroxylation is 1. The van der Waals surface area contributed by atoms with Crippen molar-refractivity contribution in [1.29, 1.82) is 0 Å². The summed E-state index contributed by atoms with van der Waals surface area (Å²) in [5.41, 5.74) is 7.97. The molecule has 0 saturated carbocycles. The molecule has 4 N–H and O–H groups in total. The van der Waals surface area contributed by atoms with E-state index in [1.807, 2.05) is 19.1 Å². The summed E-state index contributed by atoms with van der Waals surface area (Å²) in [4.78, 5) is 12.1. The molecule has 4 nitrogen and oxygen atoms in total. The fraction of sp³-hybridized carbons (Fsp3) is 0.0714. The number of nitrogens with two attached hydrogens (primary N) is 1. The minimum absolute atomic E-state index is 0.0651. The molecular weight excluding hydrogens is 308 g/mol. The van der Waals surface area contributed by atoms with E-state index in [0.717, 1.165) is 10.0 Å². The van der Waals surface area contributed by atoms with Gasteiger partial charge in [-0.15, -0.1) is 0 Å². The molecule has 5 heteroatoms. The van der Waals surface area contributed by atoms with E-state index in [0.29, 0.717) is 16.9 Å². The van der Waals surface area contributed by atoms with Crippen LogP contribution in [-0.4, -0.2) is 11.0 Å². The summed E-state index contributed by atoms with van der Waals surface area (Å²) in [6.45, 7) is 1.86. The number of hydrogen-bond acceptors (Lipinski definition) is 3. The first-order chi connectivity index (χ1) is 8.97. The molecule has 0 aliphatic rings. The molecule has 98 valence electrons. The molecule has 2 aromatic rings. The topological polar surface area (TPSA) is 75.3 Å². The van der Waals surface area contributed by atoms with Crippen molar-refractivity contribution in [3.05, 3.63) is 52.0 Å². The van der Waals surface area contributed by atoms with Crippen LogP contribution in [0.5, 0.6) is 5.75 Å². The zero-order valence-electron chi connectivity index (χ0n) is 10.3. The molecule has 0 unspecified atom stereocenters. The fourth-order valence-electron chi connectivity index (χ4n) is 1.74. The summed E-state index contributed by atoms with van der Waals surface area (Å²) in [7, 11) is 0. The Bertz CT molecular complexity index is 641. The number of amides is 1. The summed E-state index contributed by atoms with van der Waals surface area (Å²) >= 11 is 3.35. The van der Waals surface area contributed by atoms with Crippen LogP contribution in [0.4, 0.5) is 11.4 Å². The minimum Gasteiger partial charge on any atom is -0.508 e. The lowest BCUT2D eigenvalue weighted by atomic mass is 10.1. The Labute approximate surface area is 119 Å². The number of carbonyl (C=O) groups is 1. The van der Waals surface area contributed by atoms with Gasteiger partial charge in [0.1, 0.15) is 5.75 Å². The lowest BCUT2D eigenvalue weighted by Gasteiger charge is -2.10. The molecule has 0 spiro atoms. The highest BCUT2D eigenvalue weighted by Crippen LogP contribution is 2.24. The van der Waals surface area contributed by atoms with Gasteiger partial charge in [-0.2, -0.15) is 0 Å². The van der Waals surface area contributed by atoms with Crippen molar-refractivity contribution in [3.8, 4) is 5.75 Å². The second-order valence-corrected chi connectivity index (χ2v) is 5.10. The summed E-state index contributed by atoms with van der Waals surface area (Å²) in [6, 6.07) is 9.85. The molecule has 0 heterocycles. The third-order valence-electron chi connectivity index (χ3n) is 2.72. The largest absolute Gasteiger partial charge is 0.508 e. The summed E-state index contributed by atoms with van der Waals surface area (Å²) in [5, 5.41) is 12.0. The number of carbonyl (C=O) groups excluding carboxylic acids is 1. The first kappa shape index (κ1) is 13.4. The van der Waals surface area contributed by atoms with E-state index in [-0.39, 0.29) is 11.7 Å². The van der Waals surface area contributed by atoms with Gasteiger partial charge in [-0.1, -0.05) is 15.9 Å². The van der Waals surface area contributed by atoms with E-state index >= 15 is 0 Å². The van der Waals surface area contributed by atoms with Gasteiger partial charge in [-0.3, -0.25) is 4.79 Å². The van der Waals surface area contributed by atoms with E-state index < -0.39 is 0 Å². The minimum atomic E-state index is -0.234. The number of halogens is 1. The van der Waals surface area contributed by atoms with E-state index in [9.17, 15) is 9.90 Å². The van der Waals surface area contributed by atoms with Crippen molar-refractivity contribution in [2.45, 2.75) is 6.92 Å². The van der Waals surface area contributed by atoms with Crippen LogP contribution < -0.4 is 11.1 Å². The van der Waals surface area contributed by atoms with Crippen molar-refractivity contribution in [1.82, 2.24) is 0 Å². The molecular formula is C14H13BrN2O2. The van der Waals surface area contributed by atoms with Crippen LogP contribution in [0.15, 0.2) is 40.9 Å². The van der Waals surface area contributed by atoms with Gasteiger partial charge in [-0.25, -0.2) is 0 Å². The van der Waals surface area contributed by atoms with Crippen molar-refractivity contribution in [3.63, 3.8) is 0 Å². The molecule has 1 amide bonds. The predicted octanol–water partition coefficient (Wildman–Crippen LogP) is 3.30. The third kappa shape index (κ3) is 3.06. The maximum absolute atomic E-state index is 12.1. The van der Waals surface area contributed by atoms with Gasteiger partial charge < -0.3 is 16.2 Å². The number of aromatic hydroxyl groups is 1. The lowest BCUT2D eigenvalue weighted by Crippen LogP contribution is -2.14. The molecule has 2 aromatic carbocycles. The van der Waals surface area contributed by atoms with Gasteiger partial charge in [0.25, 0.3) is 5.91 Å². The summed E-state index contributed by atoms with van der Waals surface area (Å²) in [5.74, 6) is -0.169. The molecule has 2 rings (SSSR count). The Kier molecular flexibility index (Phi) is 3.76. The third-order valence-corrected chi connectivity index (χ3v) is 3.21. The Morgan fingerprint density at radius 3 is 2.63 bits per heavy atom. The smallest absolute Gasteiger partial charge is 0.255 e. The number of anilines is 2. The van der Waals surface area contributed by atoms with Crippen LogP contribution in [0.25, 0.3) is 0 Å². The van der Waals surface area contributed by atoms with Crippen LogP contribution >= 0.6 is 15.9 Å². The number of hydrogen-bond donors (Lipinski definition) is 3. The highest BCUT2D eigenvalue weighted by Gasteiger charge is 2.11. The van der Waals surface area contributed by atoms with Crippen LogP contribution in [0, 0.1) is 6.92 Å². The Morgan fingerprint density at radius 2 is 2.00 bits per heavy atom. The Hall–Kier alpha value is -2.01. The van der Waals surface area contributed by atoms with E-state index in [1.54, 1.807) is 12.1 Å². The van der Waals surface area contributed by atoms with E-state index in [2.05, 4.69) is 21.2 Å². The average molecular weight is 321 g/mol. The van der Waals surface area contributed by atoms with Crippen molar-refractivity contribution in [2.75, 3.05) is 11.1 Å². The molecule has 0 bridgehead atoms. The molecule has 0 saturated heterocycles. The first-order valence-corrected chi connectivity index (χ1v) is 6.42. The van der Waals surface area contributed by atoms with Crippen molar-refractivity contribution in [2.24, 2.45) is 0 Å². The Balaban J connectivity index is 2.25.